The lowest BCUT2D eigenvalue weighted by Gasteiger charge is -2.25. The molecule has 0 bridgehead atoms. The number of unbranched alkanes of at least 4 members (excludes halogenated alkanes) is 8. The molecule has 1 aromatic heterocycles. The Morgan fingerprint density at radius 3 is 2.19 bits per heavy atom. The van der Waals surface area contributed by atoms with Crippen LogP contribution in [0.15, 0.2) is 53.3 Å². The minimum Gasteiger partial charge on any atom is -0.492 e. The lowest BCUT2D eigenvalue weighted by Crippen LogP contribution is -2.30. The lowest BCUT2D eigenvalue weighted by molar-refractivity contribution is -0.545. The van der Waals surface area contributed by atoms with Gasteiger partial charge in [-0.1, -0.05) is 77.3 Å². The van der Waals surface area contributed by atoms with E-state index in [1.54, 1.807) is 31.8 Å². The molecule has 0 atom stereocenters. The largest absolute Gasteiger partial charge is 0.492 e. The van der Waals surface area contributed by atoms with Crippen molar-refractivity contribution in [1.82, 2.24) is 0 Å². The highest BCUT2D eigenvalue weighted by Crippen LogP contribution is 2.45. The van der Waals surface area contributed by atoms with Crippen molar-refractivity contribution in [3.63, 3.8) is 0 Å². The topological polar surface area (TPSA) is 34.6 Å². The van der Waals surface area contributed by atoms with E-state index >= 15 is 0 Å². The number of ether oxygens (including phenoxy) is 2. The van der Waals surface area contributed by atoms with Crippen molar-refractivity contribution in [3.05, 3.63) is 71.2 Å². The zero-order chi connectivity index (χ0) is 30.7. The summed E-state index contributed by atoms with van der Waals surface area (Å²) in [4.78, 5) is 0. The van der Waals surface area contributed by atoms with Gasteiger partial charge in [-0.2, -0.15) is 13.2 Å². The molecular weight excluding hydrogens is 551 g/mol. The van der Waals surface area contributed by atoms with Crippen LogP contribution in [0, 0.1) is 0 Å². The van der Waals surface area contributed by atoms with Gasteiger partial charge in [-0.25, -0.2) is 4.58 Å². The molecule has 3 aromatic rings. The molecule has 43 heavy (non-hydrogen) atoms. The third-order valence-corrected chi connectivity index (χ3v) is 8.37. The number of nitrogens with zero attached hydrogens (tertiary/aromatic N) is 1. The molecule has 4 rings (SSSR count). The van der Waals surface area contributed by atoms with Crippen LogP contribution in [0.25, 0.3) is 11.1 Å². The Balaban J connectivity index is 1.72. The van der Waals surface area contributed by atoms with Crippen molar-refractivity contribution in [1.29, 1.82) is 0 Å². The quantitative estimate of drug-likeness (QED) is 0.115. The molecule has 0 unspecified atom stereocenters. The zero-order valence-corrected chi connectivity index (χ0v) is 26.0. The van der Waals surface area contributed by atoms with Crippen molar-refractivity contribution in [2.45, 2.75) is 104 Å². The van der Waals surface area contributed by atoms with E-state index in [4.69, 9.17) is 13.9 Å². The molecule has 4 nitrogen and oxygen atoms in total. The summed E-state index contributed by atoms with van der Waals surface area (Å²) in [6.45, 7) is 6.38. The van der Waals surface area contributed by atoms with Crippen molar-refractivity contribution < 1.29 is 31.6 Å². The van der Waals surface area contributed by atoms with E-state index in [0.29, 0.717) is 13.2 Å². The molecule has 2 heterocycles. The minimum atomic E-state index is -4.34. The summed E-state index contributed by atoms with van der Waals surface area (Å²) in [5.41, 5.74) is 5.62. The molecule has 1 aliphatic rings. The van der Waals surface area contributed by atoms with E-state index in [-0.39, 0.29) is 0 Å². The summed E-state index contributed by atoms with van der Waals surface area (Å²) in [6.07, 6.45) is 12.3. The average molecular weight is 599 g/mol. The first-order valence-corrected chi connectivity index (χ1v) is 16.0. The summed E-state index contributed by atoms with van der Waals surface area (Å²) >= 11 is 0. The number of rotatable bonds is 17. The lowest BCUT2D eigenvalue weighted by atomic mass is 9.88. The fraction of sp³-hybridized carbons (Fsp3) is 0.528. The van der Waals surface area contributed by atoms with E-state index < -0.39 is 11.7 Å². The van der Waals surface area contributed by atoms with Crippen LogP contribution in [0.2, 0.25) is 0 Å². The van der Waals surface area contributed by atoms with Crippen LogP contribution in [0.5, 0.6) is 11.5 Å². The first-order valence-electron chi connectivity index (χ1n) is 16.0. The average Bonchev–Trinajstić information content (AvgIpc) is 3.54. The first-order chi connectivity index (χ1) is 20.9. The smallest absolute Gasteiger partial charge is 0.416 e. The monoisotopic (exact) mass is 598 g/mol. The maximum Gasteiger partial charge on any atom is 0.416 e. The predicted octanol–water partition coefficient (Wildman–Crippen LogP) is 10.2. The van der Waals surface area contributed by atoms with Crippen LogP contribution >= 0.6 is 0 Å². The van der Waals surface area contributed by atoms with E-state index in [1.807, 2.05) is 6.07 Å². The molecule has 0 aliphatic carbocycles. The van der Waals surface area contributed by atoms with Gasteiger partial charge < -0.3 is 13.9 Å². The Labute approximate surface area is 254 Å². The first kappa shape index (κ1) is 32.7. The standard InChI is InChI=1S/C36H47F3NO3/c1-4-6-8-10-11-13-22-43-35-30-19-21-40(25-27-15-17-29(18-16-27)36(37,38)39)33(14-12-9-7-5-2)32(30)24-31(34(35)41-3)28-20-23-42-26-28/h15-18,20,23-24,26H,4-14,19,21-22,25H2,1-3H3/q+1. The number of furan rings is 1. The number of benzene rings is 2. The summed E-state index contributed by atoms with van der Waals surface area (Å²) in [6, 6.07) is 9.71. The molecule has 1 aliphatic heterocycles. The van der Waals surface area contributed by atoms with Crippen LogP contribution in [0.3, 0.4) is 0 Å². The van der Waals surface area contributed by atoms with Gasteiger partial charge in [0.05, 0.1) is 31.8 Å². The summed E-state index contributed by atoms with van der Waals surface area (Å²) < 4.78 is 60.0. The third kappa shape index (κ3) is 8.67. The van der Waals surface area contributed by atoms with Gasteiger partial charge in [0.1, 0.15) is 6.54 Å². The Morgan fingerprint density at radius 2 is 1.53 bits per heavy atom. The van der Waals surface area contributed by atoms with Gasteiger partial charge in [-0.3, -0.25) is 0 Å². The molecule has 0 saturated carbocycles. The van der Waals surface area contributed by atoms with Crippen LogP contribution in [0.1, 0.15) is 107 Å². The second-order valence-corrected chi connectivity index (χ2v) is 11.6. The van der Waals surface area contributed by atoms with Crippen LogP contribution in [-0.2, 0) is 19.1 Å². The molecular formula is C36H47F3NO3+. The maximum atomic E-state index is 13.2. The second kappa shape index (κ2) is 16.0. The van der Waals surface area contributed by atoms with Crippen molar-refractivity contribution >= 4 is 5.71 Å². The predicted molar refractivity (Wildman–Crippen MR) is 166 cm³/mol. The fourth-order valence-corrected chi connectivity index (χ4v) is 5.99. The molecule has 0 saturated heterocycles. The van der Waals surface area contributed by atoms with Gasteiger partial charge in [0.15, 0.2) is 23.8 Å². The summed E-state index contributed by atoms with van der Waals surface area (Å²) in [5.74, 6) is 1.54. The number of hydrogen-bond acceptors (Lipinski definition) is 3. The molecule has 7 heteroatoms. The van der Waals surface area contributed by atoms with Gasteiger partial charge >= 0.3 is 6.18 Å². The number of halogens is 3. The molecule has 0 spiro atoms. The Bertz CT molecular complexity index is 1310. The SMILES string of the molecule is CCCCCCCCOc1c2c(cc(-c3ccoc3)c1OC)C(CCCCCC)=[N+](Cc1ccc(C(F)(F)F)cc1)CC2. The van der Waals surface area contributed by atoms with Crippen molar-refractivity contribution in [3.8, 4) is 22.6 Å². The highest BCUT2D eigenvalue weighted by atomic mass is 19.4. The van der Waals surface area contributed by atoms with Crippen LogP contribution < -0.4 is 9.47 Å². The number of hydrogen-bond donors (Lipinski definition) is 0. The third-order valence-electron chi connectivity index (χ3n) is 8.37. The molecule has 0 radical (unpaired) electrons. The minimum absolute atomic E-state index is 0.557. The van der Waals surface area contributed by atoms with E-state index in [9.17, 15) is 13.2 Å². The van der Waals surface area contributed by atoms with E-state index in [0.717, 1.165) is 90.8 Å². The van der Waals surface area contributed by atoms with Crippen LogP contribution in [0.4, 0.5) is 13.2 Å². The summed E-state index contributed by atoms with van der Waals surface area (Å²) in [7, 11) is 1.69. The van der Waals surface area contributed by atoms with Crippen molar-refractivity contribution in [2.24, 2.45) is 0 Å². The van der Waals surface area contributed by atoms with Gasteiger partial charge in [-0.15, -0.1) is 0 Å². The van der Waals surface area contributed by atoms with Crippen molar-refractivity contribution in [2.75, 3.05) is 20.3 Å². The summed E-state index contributed by atoms with van der Waals surface area (Å²) in [5, 5.41) is 0. The molecule has 234 valence electrons. The van der Waals surface area contributed by atoms with Gasteiger partial charge in [0.25, 0.3) is 0 Å². The highest BCUT2D eigenvalue weighted by Gasteiger charge is 2.33. The number of methoxy groups -OCH3 is 1. The molecule has 0 fully saturated rings. The molecule has 0 N–H and O–H groups in total. The Morgan fingerprint density at radius 1 is 0.837 bits per heavy atom. The Hall–Kier alpha value is -3.22. The van der Waals surface area contributed by atoms with E-state index in [2.05, 4.69) is 24.5 Å². The van der Waals surface area contributed by atoms with Gasteiger partial charge in [0, 0.05) is 40.7 Å². The molecule has 2 aromatic carbocycles. The van der Waals surface area contributed by atoms with Gasteiger partial charge in [-0.05, 0) is 37.1 Å². The van der Waals surface area contributed by atoms with Gasteiger partial charge in [0.2, 0.25) is 0 Å². The number of alkyl halides is 3. The normalized spacial score (nSPS) is 13.3. The zero-order valence-electron chi connectivity index (χ0n) is 26.0. The second-order valence-electron chi connectivity index (χ2n) is 11.6. The van der Waals surface area contributed by atoms with E-state index in [1.165, 1.54) is 49.9 Å². The molecule has 0 amide bonds. The number of fused-ring (bicyclic) bond motifs is 1. The highest BCUT2D eigenvalue weighted by molar-refractivity contribution is 6.01. The Kier molecular flexibility index (Phi) is 12.2. The fourth-order valence-electron chi connectivity index (χ4n) is 5.99. The van der Waals surface area contributed by atoms with Crippen LogP contribution in [-0.4, -0.2) is 30.5 Å². The maximum absolute atomic E-state index is 13.2.